The van der Waals surface area contributed by atoms with Gasteiger partial charge in [0.2, 0.25) is 0 Å². The minimum absolute atomic E-state index is 0.140. The summed E-state index contributed by atoms with van der Waals surface area (Å²) in [5, 5.41) is 3.99. The van der Waals surface area contributed by atoms with Crippen LogP contribution in [0.3, 0.4) is 0 Å². The third kappa shape index (κ3) is 2.32. The van der Waals surface area contributed by atoms with Crippen molar-refractivity contribution in [2.75, 3.05) is 7.11 Å². The predicted molar refractivity (Wildman–Crippen MR) is 64.1 cm³/mol. The highest BCUT2D eigenvalue weighted by Crippen LogP contribution is 2.30. The van der Waals surface area contributed by atoms with E-state index in [1.807, 2.05) is 0 Å². The molecule has 6 nitrogen and oxygen atoms in total. The minimum Gasteiger partial charge on any atom is -0.496 e. The van der Waals surface area contributed by atoms with Crippen molar-refractivity contribution in [3.05, 3.63) is 30.1 Å². The Bertz CT molecular complexity index is 578. The van der Waals surface area contributed by atoms with Gasteiger partial charge in [-0.2, -0.15) is 4.98 Å². The average molecular weight is 247 g/mol. The Morgan fingerprint density at radius 2 is 2.06 bits per heavy atom. The van der Waals surface area contributed by atoms with Crippen molar-refractivity contribution < 1.29 is 14.3 Å². The molecule has 1 aromatic heterocycles. The lowest BCUT2D eigenvalue weighted by Crippen LogP contribution is -2.01. The van der Waals surface area contributed by atoms with Gasteiger partial charge in [0.1, 0.15) is 23.4 Å². The molecule has 0 N–H and O–H groups in total. The van der Waals surface area contributed by atoms with Gasteiger partial charge in [-0.05, 0) is 19.1 Å². The second kappa shape index (κ2) is 4.87. The molecule has 18 heavy (non-hydrogen) atoms. The molecule has 0 bridgehead atoms. The van der Waals surface area contributed by atoms with Crippen LogP contribution in [0, 0.1) is 0 Å². The van der Waals surface area contributed by atoms with E-state index < -0.39 is 0 Å². The molecule has 0 aliphatic heterocycles. The first kappa shape index (κ1) is 12.1. The fraction of sp³-hybridized carbons (Fsp3) is 0.250. The number of aromatic nitrogens is 3. The predicted octanol–water partition coefficient (Wildman–Crippen LogP) is 1.82. The van der Waals surface area contributed by atoms with Gasteiger partial charge in [0.15, 0.2) is 5.78 Å². The number of rotatable bonds is 4. The quantitative estimate of drug-likeness (QED) is 0.771. The lowest BCUT2D eigenvalue weighted by atomic mass is 10.1. The summed E-state index contributed by atoms with van der Waals surface area (Å²) in [4.78, 5) is 15.6. The van der Waals surface area contributed by atoms with Crippen LogP contribution in [-0.2, 0) is 7.05 Å². The van der Waals surface area contributed by atoms with Gasteiger partial charge in [-0.25, -0.2) is 0 Å². The molecule has 0 atom stereocenters. The number of hydrogen-bond acceptors (Lipinski definition) is 5. The van der Waals surface area contributed by atoms with E-state index in [9.17, 15) is 4.79 Å². The number of benzene rings is 1. The van der Waals surface area contributed by atoms with Gasteiger partial charge < -0.3 is 9.47 Å². The van der Waals surface area contributed by atoms with E-state index in [1.54, 1.807) is 25.2 Å². The molecule has 0 saturated carbocycles. The number of ketones is 1. The summed E-state index contributed by atoms with van der Waals surface area (Å²) in [6.07, 6.45) is 1.52. The molecule has 0 saturated heterocycles. The highest BCUT2D eigenvalue weighted by atomic mass is 16.5. The molecule has 0 unspecified atom stereocenters. The van der Waals surface area contributed by atoms with Crippen LogP contribution in [0.5, 0.6) is 17.5 Å². The van der Waals surface area contributed by atoms with E-state index in [-0.39, 0.29) is 11.8 Å². The summed E-state index contributed by atoms with van der Waals surface area (Å²) in [6.45, 7) is 1.45. The van der Waals surface area contributed by atoms with Crippen molar-refractivity contribution in [3.8, 4) is 17.5 Å². The summed E-state index contributed by atoms with van der Waals surface area (Å²) in [5.74, 6) is 0.711. The highest BCUT2D eigenvalue weighted by Gasteiger charge is 2.16. The van der Waals surface area contributed by atoms with Crippen molar-refractivity contribution in [2.24, 2.45) is 7.05 Å². The number of aryl methyl sites for hydroxylation is 1. The van der Waals surface area contributed by atoms with Crippen molar-refractivity contribution >= 4 is 5.78 Å². The molecule has 0 amide bonds. The van der Waals surface area contributed by atoms with Gasteiger partial charge >= 0.3 is 6.01 Å². The van der Waals surface area contributed by atoms with Crippen LogP contribution < -0.4 is 9.47 Å². The number of carbonyl (C=O) groups is 1. The van der Waals surface area contributed by atoms with Gasteiger partial charge in [-0.15, -0.1) is 5.10 Å². The standard InChI is InChI=1S/C12H13N3O3/c1-8(16)11-9(17-3)5-4-6-10(11)18-12-13-7-15(2)14-12/h4-7H,1-3H3. The highest BCUT2D eigenvalue weighted by molar-refractivity contribution is 5.99. The summed E-state index contributed by atoms with van der Waals surface area (Å²) in [5.41, 5.74) is 0.382. The topological polar surface area (TPSA) is 66.2 Å². The van der Waals surface area contributed by atoms with E-state index in [0.29, 0.717) is 17.1 Å². The molecular formula is C12H13N3O3. The maximum absolute atomic E-state index is 11.6. The van der Waals surface area contributed by atoms with E-state index in [4.69, 9.17) is 9.47 Å². The second-order valence-electron chi connectivity index (χ2n) is 3.69. The fourth-order valence-corrected chi connectivity index (χ4v) is 1.58. The molecule has 0 aliphatic carbocycles. The third-order valence-electron chi connectivity index (χ3n) is 2.34. The van der Waals surface area contributed by atoms with Crippen LogP contribution in [0.25, 0.3) is 0 Å². The van der Waals surface area contributed by atoms with Gasteiger partial charge in [0, 0.05) is 7.05 Å². The number of methoxy groups -OCH3 is 1. The molecule has 0 spiro atoms. The molecule has 0 fully saturated rings. The van der Waals surface area contributed by atoms with Crippen molar-refractivity contribution in [3.63, 3.8) is 0 Å². The zero-order valence-electron chi connectivity index (χ0n) is 10.4. The number of carbonyl (C=O) groups excluding carboxylic acids is 1. The first-order valence-corrected chi connectivity index (χ1v) is 5.33. The van der Waals surface area contributed by atoms with E-state index in [2.05, 4.69) is 10.1 Å². The first-order chi connectivity index (χ1) is 8.61. The Morgan fingerprint density at radius 3 is 2.61 bits per heavy atom. The maximum atomic E-state index is 11.6. The first-order valence-electron chi connectivity index (χ1n) is 5.33. The van der Waals surface area contributed by atoms with E-state index in [1.165, 1.54) is 25.0 Å². The number of nitrogens with zero attached hydrogens (tertiary/aromatic N) is 3. The fourth-order valence-electron chi connectivity index (χ4n) is 1.58. The van der Waals surface area contributed by atoms with Crippen molar-refractivity contribution in [1.29, 1.82) is 0 Å². The smallest absolute Gasteiger partial charge is 0.341 e. The number of Topliss-reactive ketones (excluding diaryl/α,β-unsaturated/α-hetero) is 1. The van der Waals surface area contributed by atoms with Crippen LogP contribution in [-0.4, -0.2) is 27.7 Å². The summed E-state index contributed by atoms with van der Waals surface area (Å²) in [7, 11) is 3.24. The SMILES string of the molecule is COc1cccc(Oc2ncn(C)n2)c1C(C)=O. The summed E-state index contributed by atoms with van der Waals surface area (Å²) in [6, 6.07) is 5.31. The van der Waals surface area contributed by atoms with Crippen molar-refractivity contribution in [1.82, 2.24) is 14.8 Å². The Hall–Kier alpha value is -2.37. The van der Waals surface area contributed by atoms with Crippen LogP contribution in [0.15, 0.2) is 24.5 Å². The van der Waals surface area contributed by atoms with Crippen LogP contribution >= 0.6 is 0 Å². The minimum atomic E-state index is -0.140. The zero-order chi connectivity index (χ0) is 13.1. The third-order valence-corrected chi connectivity index (χ3v) is 2.34. The molecule has 2 aromatic rings. The van der Waals surface area contributed by atoms with Crippen molar-refractivity contribution in [2.45, 2.75) is 6.92 Å². The van der Waals surface area contributed by atoms with Gasteiger partial charge in [0.25, 0.3) is 0 Å². The Morgan fingerprint density at radius 1 is 1.33 bits per heavy atom. The largest absolute Gasteiger partial charge is 0.496 e. The lowest BCUT2D eigenvalue weighted by molar-refractivity contribution is 0.101. The molecule has 2 rings (SSSR count). The molecule has 1 heterocycles. The van der Waals surface area contributed by atoms with Gasteiger partial charge in [0.05, 0.1) is 7.11 Å². The van der Waals surface area contributed by atoms with Crippen LogP contribution in [0.1, 0.15) is 17.3 Å². The normalized spacial score (nSPS) is 10.2. The molecule has 1 aromatic carbocycles. The number of ether oxygens (including phenoxy) is 2. The Kier molecular flexibility index (Phi) is 3.27. The molecule has 0 radical (unpaired) electrons. The van der Waals surface area contributed by atoms with Gasteiger partial charge in [-0.3, -0.25) is 9.48 Å². The second-order valence-corrected chi connectivity index (χ2v) is 3.69. The Labute approximate surface area is 104 Å². The Balaban J connectivity index is 2.41. The monoisotopic (exact) mass is 247 g/mol. The van der Waals surface area contributed by atoms with Crippen LogP contribution in [0.4, 0.5) is 0 Å². The summed E-state index contributed by atoms with van der Waals surface area (Å²) < 4.78 is 12.2. The molecule has 94 valence electrons. The molecule has 0 aliphatic rings. The molecule has 6 heteroatoms. The maximum Gasteiger partial charge on any atom is 0.341 e. The zero-order valence-corrected chi connectivity index (χ0v) is 10.4. The molecular weight excluding hydrogens is 234 g/mol. The van der Waals surface area contributed by atoms with E-state index >= 15 is 0 Å². The number of hydrogen-bond donors (Lipinski definition) is 0. The van der Waals surface area contributed by atoms with Gasteiger partial charge in [-0.1, -0.05) is 6.07 Å². The van der Waals surface area contributed by atoms with Crippen LogP contribution in [0.2, 0.25) is 0 Å². The average Bonchev–Trinajstić information content (AvgIpc) is 2.74. The lowest BCUT2D eigenvalue weighted by Gasteiger charge is -2.10. The van der Waals surface area contributed by atoms with E-state index in [0.717, 1.165) is 0 Å². The summed E-state index contributed by atoms with van der Waals surface area (Å²) >= 11 is 0.